The zero-order valence-corrected chi connectivity index (χ0v) is 19.1. The van der Waals surface area contributed by atoms with E-state index < -0.39 is 7.12 Å². The molecule has 2 aromatic carbocycles. The van der Waals surface area contributed by atoms with Crippen molar-refractivity contribution in [1.29, 1.82) is 0 Å². The molecule has 0 aliphatic carbocycles. The largest absolute Gasteiger partial charge is 0.494 e. The van der Waals surface area contributed by atoms with E-state index in [-0.39, 0.29) is 29.5 Å². The molecule has 7 heteroatoms. The first-order valence-electron chi connectivity index (χ1n) is 10.4. The lowest BCUT2D eigenvalue weighted by molar-refractivity contribution is -0.129. The quantitative estimate of drug-likeness (QED) is 0.528. The number of hydrogen-bond acceptors (Lipinski definition) is 5. The van der Waals surface area contributed by atoms with Crippen LogP contribution >= 0.6 is 0 Å². The van der Waals surface area contributed by atoms with Crippen LogP contribution in [0.25, 0.3) is 0 Å². The SMILES string of the molecule is COC(=O)c1ccc(CC(=O)N(C)Cc2ccc(B3OC(C)(C)C(C)(C)O3)cc2)cc1. The molecule has 1 saturated heterocycles. The van der Waals surface area contributed by atoms with Crippen LogP contribution in [0.15, 0.2) is 48.5 Å². The first kappa shape index (κ1) is 23.0. The van der Waals surface area contributed by atoms with Crippen molar-refractivity contribution in [3.05, 3.63) is 65.2 Å². The molecular formula is C24H30BNO5. The fraction of sp³-hybridized carbons (Fsp3) is 0.417. The highest BCUT2D eigenvalue weighted by molar-refractivity contribution is 6.62. The number of amides is 1. The summed E-state index contributed by atoms with van der Waals surface area (Å²) in [5, 5.41) is 0. The normalized spacial score (nSPS) is 16.8. The van der Waals surface area contributed by atoms with Gasteiger partial charge < -0.3 is 18.9 Å². The number of carbonyl (C=O) groups is 2. The molecule has 1 aliphatic rings. The van der Waals surface area contributed by atoms with Crippen LogP contribution in [-0.2, 0) is 31.8 Å². The Morgan fingerprint density at radius 3 is 1.94 bits per heavy atom. The van der Waals surface area contributed by atoms with Gasteiger partial charge in [-0.3, -0.25) is 4.79 Å². The third-order valence-corrected chi connectivity index (χ3v) is 6.08. The summed E-state index contributed by atoms with van der Waals surface area (Å²) in [4.78, 5) is 25.8. The van der Waals surface area contributed by atoms with Crippen LogP contribution in [0.5, 0.6) is 0 Å². The Hall–Kier alpha value is -2.64. The summed E-state index contributed by atoms with van der Waals surface area (Å²) in [6, 6.07) is 14.9. The summed E-state index contributed by atoms with van der Waals surface area (Å²) in [6.07, 6.45) is 0.268. The molecule has 1 amide bonds. The molecule has 1 aliphatic heterocycles. The van der Waals surface area contributed by atoms with Gasteiger partial charge in [0.15, 0.2) is 0 Å². The summed E-state index contributed by atoms with van der Waals surface area (Å²) in [7, 11) is 2.73. The zero-order chi connectivity index (χ0) is 22.8. The van der Waals surface area contributed by atoms with Crippen molar-refractivity contribution in [2.45, 2.75) is 51.9 Å². The van der Waals surface area contributed by atoms with Crippen LogP contribution < -0.4 is 5.46 Å². The molecule has 0 aromatic heterocycles. The number of ether oxygens (including phenoxy) is 1. The van der Waals surface area contributed by atoms with E-state index in [2.05, 4.69) is 0 Å². The second-order valence-electron chi connectivity index (χ2n) is 8.94. The Balaban J connectivity index is 1.57. The van der Waals surface area contributed by atoms with Gasteiger partial charge in [0, 0.05) is 13.6 Å². The van der Waals surface area contributed by atoms with Crippen molar-refractivity contribution in [3.63, 3.8) is 0 Å². The number of hydrogen-bond donors (Lipinski definition) is 0. The maximum absolute atomic E-state index is 12.6. The van der Waals surface area contributed by atoms with Gasteiger partial charge >= 0.3 is 13.1 Å². The Morgan fingerprint density at radius 2 is 1.42 bits per heavy atom. The average molecular weight is 423 g/mol. The maximum Gasteiger partial charge on any atom is 0.494 e. The minimum Gasteiger partial charge on any atom is -0.465 e. The van der Waals surface area contributed by atoms with E-state index in [0.717, 1.165) is 16.6 Å². The molecule has 0 bridgehead atoms. The van der Waals surface area contributed by atoms with Gasteiger partial charge in [-0.05, 0) is 56.4 Å². The first-order valence-corrected chi connectivity index (χ1v) is 10.4. The van der Waals surface area contributed by atoms with Gasteiger partial charge in [0.05, 0.1) is 30.3 Å². The highest BCUT2D eigenvalue weighted by Gasteiger charge is 2.51. The van der Waals surface area contributed by atoms with E-state index >= 15 is 0 Å². The number of carbonyl (C=O) groups excluding carboxylic acids is 2. The van der Waals surface area contributed by atoms with Gasteiger partial charge in [-0.15, -0.1) is 0 Å². The Labute approximate surface area is 184 Å². The molecule has 0 spiro atoms. The number of rotatable bonds is 6. The fourth-order valence-electron chi connectivity index (χ4n) is 3.31. The average Bonchev–Trinajstić information content (AvgIpc) is 2.95. The smallest absolute Gasteiger partial charge is 0.465 e. The molecule has 3 rings (SSSR count). The van der Waals surface area contributed by atoms with Crippen LogP contribution in [0, 0.1) is 0 Å². The summed E-state index contributed by atoms with van der Waals surface area (Å²) >= 11 is 0. The third kappa shape index (κ3) is 5.17. The zero-order valence-electron chi connectivity index (χ0n) is 19.1. The Bertz CT molecular complexity index is 921. The molecular weight excluding hydrogens is 393 g/mol. The van der Waals surface area contributed by atoms with Crippen molar-refractivity contribution in [1.82, 2.24) is 4.90 Å². The van der Waals surface area contributed by atoms with Gasteiger partial charge in [-0.1, -0.05) is 36.4 Å². The summed E-state index contributed by atoms with van der Waals surface area (Å²) in [5.41, 5.74) is 2.55. The van der Waals surface area contributed by atoms with E-state index in [9.17, 15) is 9.59 Å². The van der Waals surface area contributed by atoms with E-state index in [0.29, 0.717) is 12.1 Å². The van der Waals surface area contributed by atoms with Gasteiger partial charge in [-0.2, -0.15) is 0 Å². The van der Waals surface area contributed by atoms with Gasteiger partial charge in [0.2, 0.25) is 5.91 Å². The molecule has 2 aromatic rings. The van der Waals surface area contributed by atoms with E-state index in [1.165, 1.54) is 7.11 Å². The Morgan fingerprint density at radius 1 is 0.903 bits per heavy atom. The van der Waals surface area contributed by atoms with Crippen molar-refractivity contribution in [2.75, 3.05) is 14.2 Å². The number of likely N-dealkylation sites (N-methyl/N-ethyl adjacent to an activating group) is 1. The van der Waals surface area contributed by atoms with Crippen molar-refractivity contribution in [3.8, 4) is 0 Å². The fourth-order valence-corrected chi connectivity index (χ4v) is 3.31. The summed E-state index contributed by atoms with van der Waals surface area (Å²) < 4.78 is 16.9. The molecule has 0 atom stereocenters. The van der Waals surface area contributed by atoms with E-state index in [4.69, 9.17) is 14.0 Å². The molecule has 0 radical (unpaired) electrons. The van der Waals surface area contributed by atoms with Crippen molar-refractivity contribution < 1.29 is 23.6 Å². The predicted molar refractivity (Wildman–Crippen MR) is 120 cm³/mol. The number of methoxy groups -OCH3 is 1. The molecule has 6 nitrogen and oxygen atoms in total. The summed E-state index contributed by atoms with van der Waals surface area (Å²) in [6.45, 7) is 8.63. The van der Waals surface area contributed by atoms with Gasteiger partial charge in [-0.25, -0.2) is 4.79 Å². The Kier molecular flexibility index (Phi) is 6.58. The number of benzene rings is 2. The topological polar surface area (TPSA) is 65.1 Å². The van der Waals surface area contributed by atoms with Crippen LogP contribution in [0.2, 0.25) is 0 Å². The minimum absolute atomic E-state index is 0.000790. The molecule has 164 valence electrons. The highest BCUT2D eigenvalue weighted by atomic mass is 16.7. The first-order chi connectivity index (χ1) is 14.5. The predicted octanol–water partition coefficient (Wildman–Crippen LogP) is 2.97. The maximum atomic E-state index is 12.6. The van der Waals surface area contributed by atoms with Gasteiger partial charge in [0.25, 0.3) is 0 Å². The molecule has 31 heavy (non-hydrogen) atoms. The second-order valence-corrected chi connectivity index (χ2v) is 8.94. The highest BCUT2D eigenvalue weighted by Crippen LogP contribution is 2.36. The number of nitrogens with zero attached hydrogens (tertiary/aromatic N) is 1. The van der Waals surface area contributed by atoms with Gasteiger partial charge in [0.1, 0.15) is 0 Å². The molecule has 1 fully saturated rings. The van der Waals surface area contributed by atoms with E-state index in [1.807, 2.05) is 52.0 Å². The molecule has 0 N–H and O–H groups in total. The lowest BCUT2D eigenvalue weighted by Gasteiger charge is -2.32. The summed E-state index contributed by atoms with van der Waals surface area (Å²) in [5.74, 6) is -0.389. The van der Waals surface area contributed by atoms with Crippen LogP contribution in [0.3, 0.4) is 0 Å². The minimum atomic E-state index is -0.397. The van der Waals surface area contributed by atoms with E-state index in [1.54, 1.807) is 36.2 Å². The third-order valence-electron chi connectivity index (χ3n) is 6.08. The molecule has 1 heterocycles. The lowest BCUT2D eigenvalue weighted by Crippen LogP contribution is -2.41. The van der Waals surface area contributed by atoms with Crippen molar-refractivity contribution in [2.24, 2.45) is 0 Å². The van der Waals surface area contributed by atoms with Crippen LogP contribution in [0.4, 0.5) is 0 Å². The monoisotopic (exact) mass is 423 g/mol. The molecule has 0 unspecified atom stereocenters. The standard InChI is InChI=1S/C24H30BNO5/c1-23(2)24(3,4)31-25(30-23)20-13-9-18(10-14-20)16-26(5)21(27)15-17-7-11-19(12-8-17)22(28)29-6/h7-14H,15-16H2,1-6H3. The molecule has 0 saturated carbocycles. The van der Waals surface area contributed by atoms with Crippen LogP contribution in [0.1, 0.15) is 49.2 Å². The number of esters is 1. The lowest BCUT2D eigenvalue weighted by atomic mass is 9.79. The second kappa shape index (κ2) is 8.85. The van der Waals surface area contributed by atoms with Crippen LogP contribution in [-0.4, -0.2) is 49.3 Å². The van der Waals surface area contributed by atoms with Crippen molar-refractivity contribution >= 4 is 24.5 Å².